The fraction of sp³-hybridized carbons (Fsp3) is 0. The van der Waals surface area contributed by atoms with Gasteiger partial charge in [0, 0.05) is 15.5 Å². The highest BCUT2D eigenvalue weighted by molar-refractivity contribution is 7.26. The van der Waals surface area contributed by atoms with E-state index in [9.17, 15) is 0 Å². The van der Waals surface area contributed by atoms with Gasteiger partial charge in [-0.05, 0) is 78.8 Å². The summed E-state index contributed by atoms with van der Waals surface area (Å²) in [5.41, 5.74) is 6.99. The minimum absolute atomic E-state index is 0.941. The lowest BCUT2D eigenvalue weighted by molar-refractivity contribution is 0.673. The molecule has 2 aromatic heterocycles. The van der Waals surface area contributed by atoms with Crippen molar-refractivity contribution in [3.63, 3.8) is 0 Å². The molecule has 0 saturated carbocycles. The first-order valence-corrected chi connectivity index (χ1v) is 14.4. The largest absolute Gasteiger partial charge is 0.454 e. The van der Waals surface area contributed by atoms with Crippen LogP contribution in [0.5, 0.6) is 0 Å². The summed E-state index contributed by atoms with van der Waals surface area (Å²) in [6, 6.07) is 48.3. The summed E-state index contributed by atoms with van der Waals surface area (Å²) >= 11 is 1.82. The number of hydrogen-bond donors (Lipinski definition) is 0. The molecule has 7 aromatic carbocycles. The second-order valence-electron chi connectivity index (χ2n) is 10.4. The molecule has 40 heavy (non-hydrogen) atoms. The molecule has 2 heterocycles. The summed E-state index contributed by atoms with van der Waals surface area (Å²) in [4.78, 5) is 0. The Morgan fingerprint density at radius 2 is 1.05 bits per heavy atom. The minimum Gasteiger partial charge on any atom is -0.454 e. The molecule has 9 aromatic rings. The van der Waals surface area contributed by atoms with E-state index in [0.717, 1.165) is 11.2 Å². The molecule has 0 aliphatic heterocycles. The zero-order valence-corrected chi connectivity index (χ0v) is 22.3. The topological polar surface area (TPSA) is 13.1 Å². The molecule has 0 N–H and O–H groups in total. The smallest absolute Gasteiger partial charge is 0.154 e. The molecule has 0 radical (unpaired) electrons. The van der Waals surface area contributed by atoms with Crippen molar-refractivity contribution in [1.29, 1.82) is 0 Å². The zero-order chi connectivity index (χ0) is 26.2. The van der Waals surface area contributed by atoms with Crippen LogP contribution in [0.15, 0.2) is 138 Å². The fourth-order valence-corrected chi connectivity index (χ4v) is 7.69. The molecular formula is C38H22OS. The third-order valence-corrected chi connectivity index (χ3v) is 9.45. The lowest BCUT2D eigenvalue weighted by atomic mass is 9.84. The van der Waals surface area contributed by atoms with E-state index in [0.29, 0.717) is 0 Å². The number of benzene rings is 7. The second-order valence-corrected chi connectivity index (χ2v) is 11.5. The van der Waals surface area contributed by atoms with E-state index in [1.54, 1.807) is 0 Å². The standard InChI is InChI=1S/C38H22OS/c1-2-12-25-23(10-1)11-9-18-26(25)36-29-15-5-3-13-27(29)35(28-14-4-6-16-30(28)36)24-20-21-33-32(22-24)38-37(39-33)31-17-7-8-19-34(31)40-38/h1-22H. The summed E-state index contributed by atoms with van der Waals surface area (Å²) in [6.07, 6.45) is 0. The van der Waals surface area contributed by atoms with Crippen LogP contribution in [-0.4, -0.2) is 0 Å². The molecule has 0 spiro atoms. The van der Waals surface area contributed by atoms with Gasteiger partial charge in [0.15, 0.2) is 5.58 Å². The molecule has 0 aliphatic rings. The summed E-state index contributed by atoms with van der Waals surface area (Å²) in [5, 5.41) is 9.98. The lowest BCUT2D eigenvalue weighted by Gasteiger charge is -2.18. The number of hydrogen-bond acceptors (Lipinski definition) is 2. The highest BCUT2D eigenvalue weighted by Crippen LogP contribution is 2.47. The number of fused-ring (bicyclic) bond motifs is 8. The van der Waals surface area contributed by atoms with Gasteiger partial charge in [0.05, 0.1) is 4.70 Å². The van der Waals surface area contributed by atoms with Crippen LogP contribution in [0, 0.1) is 0 Å². The van der Waals surface area contributed by atoms with Gasteiger partial charge in [0.2, 0.25) is 0 Å². The van der Waals surface area contributed by atoms with Crippen molar-refractivity contribution < 1.29 is 4.42 Å². The molecule has 0 atom stereocenters. The van der Waals surface area contributed by atoms with E-state index in [1.807, 2.05) is 11.3 Å². The van der Waals surface area contributed by atoms with Crippen LogP contribution in [0.2, 0.25) is 0 Å². The van der Waals surface area contributed by atoms with Crippen molar-refractivity contribution in [1.82, 2.24) is 0 Å². The van der Waals surface area contributed by atoms with Crippen LogP contribution < -0.4 is 0 Å². The predicted octanol–water partition coefficient (Wildman–Crippen LogP) is 11.6. The minimum atomic E-state index is 0.941. The maximum atomic E-state index is 6.40. The van der Waals surface area contributed by atoms with Crippen molar-refractivity contribution in [3.8, 4) is 22.3 Å². The van der Waals surface area contributed by atoms with Gasteiger partial charge >= 0.3 is 0 Å². The summed E-state index contributed by atoms with van der Waals surface area (Å²) < 4.78 is 8.88. The van der Waals surface area contributed by atoms with Crippen LogP contribution in [0.25, 0.3) is 85.9 Å². The van der Waals surface area contributed by atoms with Crippen molar-refractivity contribution in [2.24, 2.45) is 0 Å². The van der Waals surface area contributed by atoms with Gasteiger partial charge in [-0.25, -0.2) is 0 Å². The molecule has 9 rings (SSSR count). The average Bonchev–Trinajstić information content (AvgIpc) is 3.55. The lowest BCUT2D eigenvalue weighted by Crippen LogP contribution is -1.91. The van der Waals surface area contributed by atoms with Gasteiger partial charge in [-0.15, -0.1) is 11.3 Å². The maximum Gasteiger partial charge on any atom is 0.154 e. The first-order valence-electron chi connectivity index (χ1n) is 13.6. The van der Waals surface area contributed by atoms with Crippen molar-refractivity contribution in [2.45, 2.75) is 0 Å². The third kappa shape index (κ3) is 3.03. The van der Waals surface area contributed by atoms with E-state index >= 15 is 0 Å². The van der Waals surface area contributed by atoms with E-state index in [2.05, 4.69) is 133 Å². The quantitative estimate of drug-likeness (QED) is 0.204. The molecule has 0 fully saturated rings. The van der Waals surface area contributed by atoms with Gasteiger partial charge in [0.25, 0.3) is 0 Å². The molecule has 0 bridgehead atoms. The summed E-state index contributed by atoms with van der Waals surface area (Å²) in [6.45, 7) is 0. The molecule has 0 amide bonds. The Labute approximate surface area is 234 Å². The Morgan fingerprint density at radius 3 is 1.80 bits per heavy atom. The Balaban J connectivity index is 1.40. The van der Waals surface area contributed by atoms with E-state index in [1.165, 1.54) is 74.7 Å². The van der Waals surface area contributed by atoms with Crippen molar-refractivity contribution in [2.75, 3.05) is 0 Å². The van der Waals surface area contributed by atoms with Gasteiger partial charge in [0.1, 0.15) is 5.58 Å². The Hall–Kier alpha value is -4.92. The van der Waals surface area contributed by atoms with Crippen LogP contribution in [0.3, 0.4) is 0 Å². The van der Waals surface area contributed by atoms with E-state index < -0.39 is 0 Å². The number of rotatable bonds is 2. The molecule has 0 aliphatic carbocycles. The maximum absolute atomic E-state index is 6.40. The van der Waals surface area contributed by atoms with Crippen LogP contribution in [-0.2, 0) is 0 Å². The SMILES string of the molecule is c1ccc2c(-c3c4ccccc4c(-c4ccc5oc6c7ccccc7sc6c5c4)c4ccccc34)cccc2c1. The van der Waals surface area contributed by atoms with Crippen LogP contribution in [0.1, 0.15) is 0 Å². The van der Waals surface area contributed by atoms with Crippen molar-refractivity contribution in [3.05, 3.63) is 133 Å². The van der Waals surface area contributed by atoms with Crippen LogP contribution >= 0.6 is 11.3 Å². The van der Waals surface area contributed by atoms with E-state index in [4.69, 9.17) is 4.42 Å². The normalized spacial score (nSPS) is 12.0. The molecular weight excluding hydrogens is 504 g/mol. The molecule has 186 valence electrons. The van der Waals surface area contributed by atoms with Crippen molar-refractivity contribution >= 4 is 75.0 Å². The molecule has 2 heteroatoms. The molecule has 0 unspecified atom stereocenters. The third-order valence-electron chi connectivity index (χ3n) is 8.27. The van der Waals surface area contributed by atoms with Crippen LogP contribution in [0.4, 0.5) is 0 Å². The highest BCUT2D eigenvalue weighted by atomic mass is 32.1. The number of thiophene rings is 1. The highest BCUT2D eigenvalue weighted by Gasteiger charge is 2.19. The second kappa shape index (κ2) is 8.29. The van der Waals surface area contributed by atoms with Gasteiger partial charge in [-0.1, -0.05) is 109 Å². The van der Waals surface area contributed by atoms with Gasteiger partial charge < -0.3 is 4.42 Å². The summed E-state index contributed by atoms with van der Waals surface area (Å²) in [5.74, 6) is 0. The Bertz CT molecular complexity index is 2380. The molecule has 1 nitrogen and oxygen atoms in total. The number of furan rings is 1. The first-order chi connectivity index (χ1) is 19.8. The fourth-order valence-electron chi connectivity index (χ4n) is 6.54. The predicted molar refractivity (Wildman–Crippen MR) is 172 cm³/mol. The zero-order valence-electron chi connectivity index (χ0n) is 21.5. The first kappa shape index (κ1) is 22.0. The average molecular weight is 527 g/mol. The monoisotopic (exact) mass is 526 g/mol. The van der Waals surface area contributed by atoms with E-state index in [-0.39, 0.29) is 0 Å². The Kier molecular flexibility index (Phi) is 4.55. The Morgan fingerprint density at radius 1 is 0.450 bits per heavy atom. The van der Waals surface area contributed by atoms with Gasteiger partial charge in [-0.3, -0.25) is 0 Å². The van der Waals surface area contributed by atoms with Gasteiger partial charge in [-0.2, -0.15) is 0 Å². The molecule has 0 saturated heterocycles. The summed E-state index contributed by atoms with van der Waals surface area (Å²) in [7, 11) is 0.